The Morgan fingerprint density at radius 1 is 1.20 bits per heavy atom. The number of hydrogen-bond acceptors (Lipinski definition) is 2. The van der Waals surface area contributed by atoms with Crippen molar-refractivity contribution in [2.75, 3.05) is 26.4 Å². The molecule has 2 atom stereocenters. The molecule has 3 rings (SSSR count). The number of aryl methyl sites for hydroxylation is 1. The number of hydrogen-bond donors (Lipinski definition) is 0. The largest absolute Gasteiger partial charge is 0.371 e. The number of ether oxygens (including phenoxy) is 1. The Balaban J connectivity index is 1.66. The van der Waals surface area contributed by atoms with Gasteiger partial charge < -0.3 is 4.74 Å². The van der Waals surface area contributed by atoms with E-state index in [4.69, 9.17) is 4.74 Å². The van der Waals surface area contributed by atoms with Gasteiger partial charge in [0.05, 0.1) is 19.4 Å². The number of nitrogens with zero attached hydrogens (tertiary/aromatic N) is 1. The molecule has 0 saturated carbocycles. The zero-order valence-electron chi connectivity index (χ0n) is 12.1. The van der Waals surface area contributed by atoms with E-state index >= 15 is 0 Å². The lowest BCUT2D eigenvalue weighted by molar-refractivity contribution is -0.0806. The van der Waals surface area contributed by atoms with Gasteiger partial charge in [0.15, 0.2) is 0 Å². The fourth-order valence-electron chi connectivity index (χ4n) is 3.60. The maximum absolute atomic E-state index is 12.2. The summed E-state index contributed by atoms with van der Waals surface area (Å²) in [6.07, 6.45) is 5.40. The smallest absolute Gasteiger partial charge is 0.0983 e. The maximum Gasteiger partial charge on any atom is 0.0983 e. The topological polar surface area (TPSA) is 12.5 Å². The summed E-state index contributed by atoms with van der Waals surface area (Å²) >= 11 is 0. The zero-order chi connectivity index (χ0) is 13.8. The minimum absolute atomic E-state index is 0.178. The molecule has 1 aromatic rings. The first kappa shape index (κ1) is 14.0. The normalized spacial score (nSPS) is 26.1. The predicted molar refractivity (Wildman–Crippen MR) is 78.6 cm³/mol. The van der Waals surface area contributed by atoms with Crippen molar-refractivity contribution in [3.8, 4) is 0 Å². The molecule has 110 valence electrons. The van der Waals surface area contributed by atoms with E-state index in [0.717, 1.165) is 39.0 Å². The Morgan fingerprint density at radius 3 is 3.00 bits per heavy atom. The highest BCUT2D eigenvalue weighted by atomic mass is 19.1. The molecule has 0 N–H and O–H groups in total. The highest BCUT2D eigenvalue weighted by Gasteiger charge is 2.36. The van der Waals surface area contributed by atoms with Crippen molar-refractivity contribution in [3.63, 3.8) is 0 Å². The van der Waals surface area contributed by atoms with E-state index in [1.54, 1.807) is 0 Å². The third-order valence-electron chi connectivity index (χ3n) is 4.64. The van der Waals surface area contributed by atoms with Gasteiger partial charge in [-0.3, -0.25) is 9.29 Å². The molecule has 2 nitrogen and oxygen atoms in total. The van der Waals surface area contributed by atoms with Crippen molar-refractivity contribution < 1.29 is 9.13 Å². The van der Waals surface area contributed by atoms with Crippen molar-refractivity contribution in [3.05, 3.63) is 35.4 Å². The minimum Gasteiger partial charge on any atom is -0.371 e. The van der Waals surface area contributed by atoms with E-state index < -0.39 is 0 Å². The highest BCUT2D eigenvalue weighted by molar-refractivity contribution is 5.33. The van der Waals surface area contributed by atoms with Crippen molar-refractivity contribution >= 4 is 0 Å². The summed E-state index contributed by atoms with van der Waals surface area (Å²) in [6, 6.07) is 9.21. The molecule has 1 saturated heterocycles. The van der Waals surface area contributed by atoms with Gasteiger partial charge in [0.2, 0.25) is 0 Å². The maximum atomic E-state index is 12.2. The van der Waals surface area contributed by atoms with Gasteiger partial charge in [0.25, 0.3) is 0 Å². The SMILES string of the molecule is FCCCCCN1CCO[C@@H]2c3ccccc3CC[C@H]21. The molecule has 2 aliphatic rings. The van der Waals surface area contributed by atoms with Crippen LogP contribution in [-0.2, 0) is 11.2 Å². The monoisotopic (exact) mass is 277 g/mol. The van der Waals surface area contributed by atoms with Gasteiger partial charge in [-0.05, 0) is 49.8 Å². The molecular weight excluding hydrogens is 253 g/mol. The van der Waals surface area contributed by atoms with Crippen LogP contribution in [0.5, 0.6) is 0 Å². The summed E-state index contributed by atoms with van der Waals surface area (Å²) in [6.45, 7) is 2.76. The van der Waals surface area contributed by atoms with E-state index in [1.807, 2.05) is 0 Å². The van der Waals surface area contributed by atoms with Crippen LogP contribution in [0, 0.1) is 0 Å². The third-order valence-corrected chi connectivity index (χ3v) is 4.64. The van der Waals surface area contributed by atoms with Crippen molar-refractivity contribution in [2.45, 2.75) is 44.2 Å². The van der Waals surface area contributed by atoms with Crippen molar-refractivity contribution in [1.29, 1.82) is 0 Å². The van der Waals surface area contributed by atoms with Crippen LogP contribution in [0.3, 0.4) is 0 Å². The van der Waals surface area contributed by atoms with E-state index in [9.17, 15) is 4.39 Å². The van der Waals surface area contributed by atoms with E-state index in [2.05, 4.69) is 29.2 Å². The molecule has 0 bridgehead atoms. The van der Waals surface area contributed by atoms with Gasteiger partial charge in [-0.25, -0.2) is 0 Å². The quantitative estimate of drug-likeness (QED) is 0.764. The second-order valence-corrected chi connectivity index (χ2v) is 5.88. The first-order valence-electron chi connectivity index (χ1n) is 7.89. The van der Waals surface area contributed by atoms with E-state index in [0.29, 0.717) is 12.5 Å². The molecule has 0 amide bonds. The summed E-state index contributed by atoms with van der Waals surface area (Å²) in [7, 11) is 0. The number of halogens is 1. The Kier molecular flexibility index (Phi) is 4.69. The minimum atomic E-state index is -0.178. The second-order valence-electron chi connectivity index (χ2n) is 5.88. The Bertz CT molecular complexity index is 437. The summed E-state index contributed by atoms with van der Waals surface area (Å²) in [5, 5.41) is 0. The van der Waals surface area contributed by atoms with Crippen molar-refractivity contribution in [2.24, 2.45) is 0 Å². The van der Waals surface area contributed by atoms with Crippen LogP contribution in [0.2, 0.25) is 0 Å². The number of benzene rings is 1. The molecular formula is C17H24FNO. The average Bonchev–Trinajstić information content (AvgIpc) is 2.51. The van der Waals surface area contributed by atoms with Crippen LogP contribution >= 0.6 is 0 Å². The van der Waals surface area contributed by atoms with Crippen LogP contribution in [0.15, 0.2) is 24.3 Å². The Labute approximate surface area is 120 Å². The van der Waals surface area contributed by atoms with Crippen LogP contribution < -0.4 is 0 Å². The molecule has 0 radical (unpaired) electrons. The van der Waals surface area contributed by atoms with E-state index in [1.165, 1.54) is 17.5 Å². The highest BCUT2D eigenvalue weighted by Crippen LogP contribution is 2.37. The Morgan fingerprint density at radius 2 is 2.10 bits per heavy atom. The molecule has 20 heavy (non-hydrogen) atoms. The summed E-state index contributed by atoms with van der Waals surface area (Å²) < 4.78 is 18.2. The van der Waals surface area contributed by atoms with Gasteiger partial charge in [0, 0.05) is 12.6 Å². The lowest BCUT2D eigenvalue weighted by Gasteiger charge is -2.44. The fraction of sp³-hybridized carbons (Fsp3) is 0.647. The fourth-order valence-corrected chi connectivity index (χ4v) is 3.60. The Hall–Kier alpha value is -0.930. The third kappa shape index (κ3) is 2.89. The number of rotatable bonds is 5. The first-order valence-corrected chi connectivity index (χ1v) is 7.89. The first-order chi connectivity index (χ1) is 9.90. The lowest BCUT2D eigenvalue weighted by Crippen LogP contribution is -2.49. The molecule has 0 aromatic heterocycles. The van der Waals surface area contributed by atoms with Crippen LogP contribution in [0.25, 0.3) is 0 Å². The number of morpholine rings is 1. The molecule has 1 heterocycles. The number of fused-ring (bicyclic) bond motifs is 3. The van der Waals surface area contributed by atoms with Gasteiger partial charge in [0.1, 0.15) is 0 Å². The second kappa shape index (κ2) is 6.68. The molecule has 1 aliphatic heterocycles. The zero-order valence-corrected chi connectivity index (χ0v) is 12.1. The van der Waals surface area contributed by atoms with Gasteiger partial charge >= 0.3 is 0 Å². The van der Waals surface area contributed by atoms with Crippen molar-refractivity contribution in [1.82, 2.24) is 4.90 Å². The van der Waals surface area contributed by atoms with Gasteiger partial charge in [-0.2, -0.15) is 0 Å². The standard InChI is InChI=1S/C17H24FNO/c18-10-4-1-5-11-19-12-13-20-17-15-7-3-2-6-14(15)8-9-16(17)19/h2-3,6-7,16-17H,1,4-5,8-13H2/t16-,17-/m1/s1. The van der Waals surface area contributed by atoms with E-state index in [-0.39, 0.29) is 12.8 Å². The molecule has 1 aliphatic carbocycles. The van der Waals surface area contributed by atoms with Crippen LogP contribution in [0.4, 0.5) is 4.39 Å². The lowest BCUT2D eigenvalue weighted by atomic mass is 9.84. The molecule has 1 aromatic carbocycles. The van der Waals surface area contributed by atoms with Gasteiger partial charge in [-0.1, -0.05) is 24.3 Å². The van der Waals surface area contributed by atoms with Gasteiger partial charge in [-0.15, -0.1) is 0 Å². The van der Waals surface area contributed by atoms with Crippen LogP contribution in [0.1, 0.15) is 42.9 Å². The number of alkyl halides is 1. The molecule has 0 unspecified atom stereocenters. The summed E-state index contributed by atoms with van der Waals surface area (Å²) in [5.74, 6) is 0. The average molecular weight is 277 g/mol. The molecule has 3 heteroatoms. The summed E-state index contributed by atoms with van der Waals surface area (Å²) in [5.41, 5.74) is 2.84. The summed E-state index contributed by atoms with van der Waals surface area (Å²) in [4.78, 5) is 2.57. The van der Waals surface area contributed by atoms with Crippen LogP contribution in [-0.4, -0.2) is 37.3 Å². The number of unbranched alkanes of at least 4 members (excludes halogenated alkanes) is 2. The molecule has 0 spiro atoms. The predicted octanol–water partition coefficient (Wildman–Crippen LogP) is 3.51. The molecule has 1 fully saturated rings.